The van der Waals surface area contributed by atoms with Crippen LogP contribution < -0.4 is 5.73 Å². The predicted molar refractivity (Wildman–Crippen MR) is 84.3 cm³/mol. The number of benzene rings is 1. The summed E-state index contributed by atoms with van der Waals surface area (Å²) in [6.07, 6.45) is 2.81. The lowest BCUT2D eigenvalue weighted by molar-refractivity contribution is 0.400. The lowest BCUT2D eigenvalue weighted by Crippen LogP contribution is -2.34. The molecule has 1 aliphatic rings. The van der Waals surface area contributed by atoms with E-state index in [0.29, 0.717) is 37.7 Å². The standard InChI is InChI=1S/C14H22N2O2S.ClH/c15-9-4-10-16(11-13-5-2-1-3-6-13)19(17,18)12-14-7-8-14;/h1-3,5-6,14H,4,7-12,15H2;1H. The number of hydrogen-bond donors (Lipinski definition) is 1. The molecule has 1 aromatic rings. The Hall–Kier alpha value is -0.620. The molecule has 0 spiro atoms. The van der Waals surface area contributed by atoms with E-state index in [2.05, 4.69) is 0 Å². The molecule has 2 N–H and O–H groups in total. The Balaban J connectivity index is 0.00000200. The van der Waals surface area contributed by atoms with Crippen LogP contribution in [0.25, 0.3) is 0 Å². The summed E-state index contributed by atoms with van der Waals surface area (Å²) in [4.78, 5) is 0. The van der Waals surface area contributed by atoms with Crippen molar-refractivity contribution >= 4 is 22.4 Å². The normalized spacial score (nSPS) is 15.1. The van der Waals surface area contributed by atoms with Crippen LogP contribution in [0.3, 0.4) is 0 Å². The van der Waals surface area contributed by atoms with Crippen LogP contribution in [0.4, 0.5) is 0 Å². The maximum absolute atomic E-state index is 12.4. The van der Waals surface area contributed by atoms with Gasteiger partial charge in [-0.15, -0.1) is 12.4 Å². The second-order valence-electron chi connectivity index (χ2n) is 5.18. The molecule has 4 nitrogen and oxygen atoms in total. The maximum atomic E-state index is 12.4. The molecule has 0 saturated heterocycles. The van der Waals surface area contributed by atoms with E-state index in [1.807, 2.05) is 30.3 Å². The highest BCUT2D eigenvalue weighted by Gasteiger charge is 2.31. The first-order valence-corrected chi connectivity index (χ1v) is 8.44. The van der Waals surface area contributed by atoms with E-state index in [4.69, 9.17) is 5.73 Å². The van der Waals surface area contributed by atoms with Gasteiger partial charge in [0, 0.05) is 13.1 Å². The number of nitrogens with zero attached hydrogens (tertiary/aromatic N) is 1. The van der Waals surface area contributed by atoms with Crippen molar-refractivity contribution in [3.8, 4) is 0 Å². The smallest absolute Gasteiger partial charge is 0.214 e. The van der Waals surface area contributed by atoms with E-state index < -0.39 is 10.0 Å². The average molecular weight is 319 g/mol. The molecular formula is C14H23ClN2O2S. The Morgan fingerprint density at radius 2 is 1.85 bits per heavy atom. The second kappa shape index (κ2) is 7.98. The molecule has 0 heterocycles. The van der Waals surface area contributed by atoms with Gasteiger partial charge in [-0.2, -0.15) is 4.31 Å². The van der Waals surface area contributed by atoms with Crippen LogP contribution in [0.5, 0.6) is 0 Å². The van der Waals surface area contributed by atoms with Crippen LogP contribution in [0.1, 0.15) is 24.8 Å². The Morgan fingerprint density at radius 1 is 1.20 bits per heavy atom. The van der Waals surface area contributed by atoms with Crippen molar-refractivity contribution in [3.63, 3.8) is 0 Å². The van der Waals surface area contributed by atoms with Crippen LogP contribution in [-0.4, -0.2) is 31.6 Å². The summed E-state index contributed by atoms with van der Waals surface area (Å²) in [5, 5.41) is 0. The molecule has 0 amide bonds. The average Bonchev–Trinajstić information content (AvgIpc) is 3.18. The quantitative estimate of drug-likeness (QED) is 0.797. The van der Waals surface area contributed by atoms with Gasteiger partial charge in [-0.3, -0.25) is 0 Å². The summed E-state index contributed by atoms with van der Waals surface area (Å²) in [6.45, 7) is 1.49. The van der Waals surface area contributed by atoms with E-state index in [1.165, 1.54) is 0 Å². The molecule has 0 atom stereocenters. The summed E-state index contributed by atoms with van der Waals surface area (Å²) in [7, 11) is -3.15. The summed E-state index contributed by atoms with van der Waals surface area (Å²) in [5.74, 6) is 0.672. The first kappa shape index (κ1) is 17.4. The van der Waals surface area contributed by atoms with Gasteiger partial charge in [0.2, 0.25) is 10.0 Å². The Morgan fingerprint density at radius 3 is 2.40 bits per heavy atom. The molecule has 2 rings (SSSR count). The van der Waals surface area contributed by atoms with E-state index in [1.54, 1.807) is 4.31 Å². The zero-order chi connectivity index (χ0) is 13.7. The fourth-order valence-electron chi connectivity index (χ4n) is 2.06. The largest absolute Gasteiger partial charge is 0.330 e. The highest BCUT2D eigenvalue weighted by Crippen LogP contribution is 2.31. The van der Waals surface area contributed by atoms with Crippen LogP contribution in [0.15, 0.2) is 30.3 Å². The highest BCUT2D eigenvalue weighted by molar-refractivity contribution is 7.89. The lowest BCUT2D eigenvalue weighted by atomic mass is 10.2. The number of hydrogen-bond acceptors (Lipinski definition) is 3. The van der Waals surface area contributed by atoms with E-state index in [-0.39, 0.29) is 12.4 Å². The van der Waals surface area contributed by atoms with Crippen molar-refractivity contribution < 1.29 is 8.42 Å². The third-order valence-electron chi connectivity index (χ3n) is 3.35. The van der Waals surface area contributed by atoms with Crippen molar-refractivity contribution in [2.75, 3.05) is 18.8 Å². The second-order valence-corrected chi connectivity index (χ2v) is 7.20. The number of rotatable bonds is 8. The monoisotopic (exact) mass is 318 g/mol. The fourth-order valence-corrected chi connectivity index (χ4v) is 3.95. The summed E-state index contributed by atoms with van der Waals surface area (Å²) >= 11 is 0. The fraction of sp³-hybridized carbons (Fsp3) is 0.571. The minimum atomic E-state index is -3.15. The van der Waals surface area contributed by atoms with Crippen LogP contribution in [0, 0.1) is 5.92 Å². The Kier molecular flexibility index (Phi) is 6.95. The Bertz CT molecular complexity index is 489. The molecule has 1 aliphatic carbocycles. The molecule has 0 aromatic heterocycles. The first-order valence-electron chi connectivity index (χ1n) is 6.83. The molecule has 20 heavy (non-hydrogen) atoms. The molecular weight excluding hydrogens is 296 g/mol. The third kappa shape index (κ3) is 5.40. The maximum Gasteiger partial charge on any atom is 0.214 e. The topological polar surface area (TPSA) is 63.4 Å². The van der Waals surface area contributed by atoms with Crippen LogP contribution in [-0.2, 0) is 16.6 Å². The number of halogens is 1. The molecule has 0 unspecified atom stereocenters. The van der Waals surface area contributed by atoms with Crippen LogP contribution in [0.2, 0.25) is 0 Å². The van der Waals surface area contributed by atoms with Crippen molar-refractivity contribution in [2.45, 2.75) is 25.8 Å². The van der Waals surface area contributed by atoms with E-state index in [9.17, 15) is 8.42 Å². The van der Waals surface area contributed by atoms with Gasteiger partial charge >= 0.3 is 0 Å². The third-order valence-corrected chi connectivity index (χ3v) is 5.34. The zero-order valence-corrected chi connectivity index (χ0v) is 13.2. The van der Waals surface area contributed by atoms with Crippen molar-refractivity contribution in [3.05, 3.63) is 35.9 Å². The molecule has 0 radical (unpaired) electrons. The van der Waals surface area contributed by atoms with E-state index >= 15 is 0 Å². The highest BCUT2D eigenvalue weighted by atomic mass is 35.5. The molecule has 0 bridgehead atoms. The van der Waals surface area contributed by atoms with Gasteiger partial charge in [0.15, 0.2) is 0 Å². The van der Waals surface area contributed by atoms with Gasteiger partial charge in [0.1, 0.15) is 0 Å². The molecule has 114 valence electrons. The van der Waals surface area contributed by atoms with Gasteiger partial charge in [-0.05, 0) is 37.3 Å². The molecule has 1 saturated carbocycles. The summed E-state index contributed by atoms with van der Waals surface area (Å²) in [5.41, 5.74) is 6.53. The van der Waals surface area contributed by atoms with Gasteiger partial charge in [-0.1, -0.05) is 30.3 Å². The lowest BCUT2D eigenvalue weighted by Gasteiger charge is -2.22. The first-order chi connectivity index (χ1) is 9.12. The van der Waals surface area contributed by atoms with Gasteiger partial charge in [-0.25, -0.2) is 8.42 Å². The zero-order valence-electron chi connectivity index (χ0n) is 11.6. The van der Waals surface area contributed by atoms with Crippen molar-refractivity contribution in [1.29, 1.82) is 0 Å². The minimum absolute atomic E-state index is 0. The van der Waals surface area contributed by atoms with Gasteiger partial charge in [0.25, 0.3) is 0 Å². The molecule has 1 fully saturated rings. The van der Waals surface area contributed by atoms with Crippen molar-refractivity contribution in [1.82, 2.24) is 4.31 Å². The number of sulfonamides is 1. The Labute approximate surface area is 127 Å². The van der Waals surface area contributed by atoms with Gasteiger partial charge in [0.05, 0.1) is 5.75 Å². The summed E-state index contributed by atoms with van der Waals surface area (Å²) < 4.78 is 26.3. The predicted octanol–water partition coefficient (Wildman–Crippen LogP) is 2.00. The van der Waals surface area contributed by atoms with Gasteiger partial charge < -0.3 is 5.73 Å². The van der Waals surface area contributed by atoms with Crippen molar-refractivity contribution in [2.24, 2.45) is 11.7 Å². The number of nitrogens with two attached hydrogens (primary N) is 1. The summed E-state index contributed by atoms with van der Waals surface area (Å²) in [6, 6.07) is 9.73. The minimum Gasteiger partial charge on any atom is -0.330 e. The van der Waals surface area contributed by atoms with E-state index in [0.717, 1.165) is 18.4 Å². The molecule has 1 aromatic carbocycles. The molecule has 0 aliphatic heterocycles. The molecule has 6 heteroatoms. The SMILES string of the molecule is Cl.NCCCN(Cc1ccccc1)S(=O)(=O)CC1CC1. The van der Waals surface area contributed by atoms with Crippen LogP contribution >= 0.6 is 12.4 Å².